The van der Waals surface area contributed by atoms with Crippen LogP contribution in [0.1, 0.15) is 13.3 Å². The molecule has 0 amide bonds. The Hall–Kier alpha value is -1.28. The molecule has 44 valence electrons. The average Bonchev–Trinajstić information content (AvgIpc) is 1.96. The van der Waals surface area contributed by atoms with Gasteiger partial charge in [-0.1, -0.05) is 13.0 Å². The van der Waals surface area contributed by atoms with Gasteiger partial charge in [-0.2, -0.15) is 0 Å². The summed E-state index contributed by atoms with van der Waals surface area (Å²) in [5, 5.41) is 13.0. The summed E-state index contributed by atoms with van der Waals surface area (Å²) in [6, 6.07) is 0. The van der Waals surface area contributed by atoms with Crippen molar-refractivity contribution in [3.8, 4) is 13.1 Å². The third-order valence-corrected chi connectivity index (χ3v) is 0.289. The molecule has 0 aromatic heterocycles. The van der Waals surface area contributed by atoms with Crippen molar-refractivity contribution in [2.24, 2.45) is 0 Å². The Kier molecular flexibility index (Phi) is 488. The van der Waals surface area contributed by atoms with Crippen LogP contribution in [-0.4, -0.2) is 0 Å². The van der Waals surface area contributed by atoms with E-state index in [0.717, 1.165) is 6.42 Å². The highest BCUT2D eigenvalue weighted by molar-refractivity contribution is 4.60. The maximum absolute atomic E-state index is 6.50. The van der Waals surface area contributed by atoms with Gasteiger partial charge < -0.3 is 0 Å². The topological polar surface area (TPSA) is 47.6 Å². The van der Waals surface area contributed by atoms with E-state index < -0.39 is 0 Å². The van der Waals surface area contributed by atoms with E-state index in [0.29, 0.717) is 0 Å². The van der Waals surface area contributed by atoms with E-state index in [2.05, 4.69) is 26.6 Å². The van der Waals surface area contributed by atoms with Gasteiger partial charge in [-0.05, 0) is 6.42 Å². The summed E-state index contributed by atoms with van der Waals surface area (Å²) in [6.07, 6.45) is 2.96. The van der Waals surface area contributed by atoms with Crippen molar-refractivity contribution in [1.29, 1.82) is 10.5 Å². The molecule has 0 radical (unpaired) electrons. The molecule has 0 aromatic carbocycles. The minimum Gasteiger partial charge on any atom is -0.202 e. The molecule has 0 fully saturated rings. The van der Waals surface area contributed by atoms with E-state index in [4.69, 9.17) is 10.5 Å². The Morgan fingerprint density at radius 2 is 1.50 bits per heavy atom. The zero-order chi connectivity index (χ0) is 7.41. The largest absolute Gasteiger partial charge is 0.202 e. The Labute approximate surface area is 50.7 Å². The second kappa shape index (κ2) is 246. The Bertz CT molecular complexity index is 55.4. The zero-order valence-corrected chi connectivity index (χ0v) is 5.04. The van der Waals surface area contributed by atoms with Gasteiger partial charge >= 0.3 is 0 Å². The van der Waals surface area contributed by atoms with Gasteiger partial charge in [0.15, 0.2) is 0 Å². The van der Waals surface area contributed by atoms with E-state index in [-0.39, 0.29) is 0 Å². The number of nitrogens with zero attached hydrogens (tertiary/aromatic N) is 2. The third-order valence-electron chi connectivity index (χ3n) is 0.289. The van der Waals surface area contributed by atoms with Gasteiger partial charge in [-0.15, -0.1) is 6.58 Å². The lowest BCUT2D eigenvalue weighted by atomic mass is 10.5. The van der Waals surface area contributed by atoms with Crippen LogP contribution >= 0.6 is 0 Å². The lowest BCUT2D eigenvalue weighted by Gasteiger charge is -1.57. The molecule has 0 aliphatic carbocycles. The van der Waals surface area contributed by atoms with Crippen LogP contribution in [0.4, 0.5) is 0 Å². The van der Waals surface area contributed by atoms with E-state index in [1.165, 1.54) is 0 Å². The summed E-state index contributed by atoms with van der Waals surface area (Å²) in [4.78, 5) is 0. The lowest BCUT2D eigenvalue weighted by Crippen LogP contribution is -1.36. The minimum absolute atomic E-state index is 1.08. The Morgan fingerprint density at radius 1 is 1.38 bits per heavy atom. The summed E-state index contributed by atoms with van der Waals surface area (Å²) in [5.74, 6) is 0. The molecule has 0 atom stereocenters. The Morgan fingerprint density at radius 3 is 1.50 bits per heavy atom. The molecule has 0 aromatic rings. The first-order chi connectivity index (χ1) is 3.91. The molecular formula is C6H10N2. The minimum atomic E-state index is 1.08. The van der Waals surface area contributed by atoms with Crippen molar-refractivity contribution in [3.05, 3.63) is 12.7 Å². The summed E-state index contributed by atoms with van der Waals surface area (Å²) >= 11 is 0. The van der Waals surface area contributed by atoms with Crippen molar-refractivity contribution < 1.29 is 0 Å². The van der Waals surface area contributed by atoms with Crippen LogP contribution in [0, 0.1) is 23.7 Å². The van der Waals surface area contributed by atoms with Gasteiger partial charge in [0, 0.05) is 13.1 Å². The predicted octanol–water partition coefficient (Wildman–Crippen LogP) is 1.86. The highest BCUT2D eigenvalue weighted by Gasteiger charge is 1.45. The van der Waals surface area contributed by atoms with Gasteiger partial charge in [0.1, 0.15) is 0 Å². The van der Waals surface area contributed by atoms with Crippen molar-refractivity contribution in [3.63, 3.8) is 0 Å². The first-order valence-electron chi connectivity index (χ1n) is 2.04. The van der Waals surface area contributed by atoms with E-state index in [9.17, 15) is 0 Å². The molecule has 0 rings (SSSR count). The maximum Gasteiger partial charge on any atom is 0.0462 e. The average molecular weight is 110 g/mol. The van der Waals surface area contributed by atoms with E-state index in [1.54, 1.807) is 0 Å². The smallest absolute Gasteiger partial charge is 0.0462 e. The molecule has 0 saturated carbocycles. The number of hydrogen-bond acceptors (Lipinski definition) is 2. The second-order valence-corrected chi connectivity index (χ2v) is 0.697. The van der Waals surface area contributed by atoms with Crippen LogP contribution < -0.4 is 0 Å². The number of allylic oxidation sites excluding steroid dienone is 1. The van der Waals surface area contributed by atoms with Gasteiger partial charge in [0.2, 0.25) is 0 Å². The molecule has 0 spiro atoms. The van der Waals surface area contributed by atoms with Crippen LogP contribution in [0.15, 0.2) is 12.7 Å². The number of rotatable bonds is 1. The molecule has 0 aliphatic heterocycles. The van der Waals surface area contributed by atoms with Crippen molar-refractivity contribution >= 4 is 0 Å². The summed E-state index contributed by atoms with van der Waals surface area (Å²) in [7, 11) is 0. The fraction of sp³-hybridized carbons (Fsp3) is 0.333. The quantitative estimate of drug-likeness (QED) is 0.483. The van der Waals surface area contributed by atoms with E-state index in [1.807, 2.05) is 6.08 Å². The molecule has 0 N–H and O–H groups in total. The number of hydrogen-bond donors (Lipinski definition) is 0. The van der Waals surface area contributed by atoms with Gasteiger partial charge in [0.25, 0.3) is 0 Å². The first-order valence-corrected chi connectivity index (χ1v) is 2.04. The number of nitriles is 2. The van der Waals surface area contributed by atoms with Gasteiger partial charge in [-0.25, -0.2) is 10.5 Å². The van der Waals surface area contributed by atoms with Crippen molar-refractivity contribution in [2.75, 3.05) is 0 Å². The summed E-state index contributed by atoms with van der Waals surface area (Å²) in [6.45, 7) is 12.5. The SMILES string of the molecule is C#N.C#N.C=CCC. The highest BCUT2D eigenvalue weighted by Crippen LogP contribution is 1.66. The molecule has 0 saturated heterocycles. The van der Waals surface area contributed by atoms with Crippen LogP contribution in [0.25, 0.3) is 0 Å². The molecule has 0 bridgehead atoms. The molecule has 0 heterocycles. The Balaban J connectivity index is -0.0000000542. The van der Waals surface area contributed by atoms with Crippen LogP contribution in [0.5, 0.6) is 0 Å². The normalized spacial score (nSPS) is 3.62. The zero-order valence-electron chi connectivity index (χ0n) is 5.04. The predicted molar refractivity (Wildman–Crippen MR) is 33.8 cm³/mol. The molecule has 0 aliphatic rings. The molecule has 2 heteroatoms. The van der Waals surface area contributed by atoms with Crippen LogP contribution in [-0.2, 0) is 0 Å². The molecular weight excluding hydrogens is 100 g/mol. The fourth-order valence-electron chi connectivity index (χ4n) is 0. The standard InChI is InChI=1S/C4H8.2CHN/c1-3-4-2;2*1-2/h3H,1,4H2,2H3;2*1H. The van der Waals surface area contributed by atoms with Crippen LogP contribution in [0.3, 0.4) is 0 Å². The van der Waals surface area contributed by atoms with Crippen molar-refractivity contribution in [2.45, 2.75) is 13.3 Å². The summed E-state index contributed by atoms with van der Waals surface area (Å²) in [5.41, 5.74) is 0. The van der Waals surface area contributed by atoms with Gasteiger partial charge in [-0.3, -0.25) is 0 Å². The van der Waals surface area contributed by atoms with Crippen molar-refractivity contribution in [1.82, 2.24) is 0 Å². The molecule has 0 unspecified atom stereocenters. The highest BCUT2D eigenvalue weighted by atomic mass is 14.2. The first kappa shape index (κ1) is 15.9. The second-order valence-electron chi connectivity index (χ2n) is 0.697. The molecule has 8 heavy (non-hydrogen) atoms. The maximum atomic E-state index is 6.50. The fourth-order valence-corrected chi connectivity index (χ4v) is 0. The molecule has 2 nitrogen and oxygen atoms in total. The van der Waals surface area contributed by atoms with Crippen LogP contribution in [0.2, 0.25) is 0 Å². The lowest BCUT2D eigenvalue weighted by molar-refractivity contribution is 1.23. The summed E-state index contributed by atoms with van der Waals surface area (Å²) < 4.78 is 0. The monoisotopic (exact) mass is 110 g/mol. The van der Waals surface area contributed by atoms with E-state index >= 15 is 0 Å². The van der Waals surface area contributed by atoms with Gasteiger partial charge in [0.05, 0.1) is 0 Å². The third kappa shape index (κ3) is 833.